The fourth-order valence-electron chi connectivity index (χ4n) is 2.47. The molecule has 0 aromatic carbocycles. The summed E-state index contributed by atoms with van der Waals surface area (Å²) in [5.41, 5.74) is -0.769. The van der Waals surface area contributed by atoms with Crippen molar-refractivity contribution in [2.24, 2.45) is 0 Å². The Morgan fingerprint density at radius 1 is 1.53 bits per heavy atom. The number of halogens is 1. The van der Waals surface area contributed by atoms with Crippen LogP contribution in [0.4, 0.5) is 0 Å². The van der Waals surface area contributed by atoms with Crippen LogP contribution in [0, 0.1) is 0 Å². The zero-order chi connectivity index (χ0) is 12.5. The lowest BCUT2D eigenvalue weighted by atomic mass is 9.79. The molecule has 1 N–H and O–H groups in total. The molecule has 2 heterocycles. The van der Waals surface area contributed by atoms with Gasteiger partial charge in [0.1, 0.15) is 0 Å². The number of rotatable bonds is 3. The lowest BCUT2D eigenvalue weighted by molar-refractivity contribution is -0.152. The van der Waals surface area contributed by atoms with E-state index in [1.807, 2.05) is 6.07 Å². The number of ether oxygens (including phenoxy) is 1. The Bertz CT molecular complexity index is 393. The normalized spacial score (nSPS) is 33.9. The Hall–Kier alpha value is 0.1000. The topological polar surface area (TPSA) is 29.5 Å². The molecule has 1 saturated heterocycles. The van der Waals surface area contributed by atoms with Gasteiger partial charge in [0.15, 0.2) is 0 Å². The first-order valence-electron chi connectivity index (χ1n) is 6.05. The van der Waals surface area contributed by atoms with E-state index in [1.165, 1.54) is 4.88 Å². The minimum absolute atomic E-state index is 0.165. The Kier molecular flexibility index (Phi) is 3.98. The molecular formula is C13H19BrO2S. The second kappa shape index (κ2) is 5.00. The van der Waals surface area contributed by atoms with Crippen LogP contribution in [0.2, 0.25) is 0 Å². The maximum atomic E-state index is 10.7. The smallest absolute Gasteiger partial charge is 0.0745 e. The molecule has 0 aliphatic carbocycles. The SMILES string of the molecule is CCC1(C)CC(O)(Cc2ccc(Br)s2)CCO1. The maximum Gasteiger partial charge on any atom is 0.0745 e. The third-order valence-electron chi connectivity index (χ3n) is 3.60. The van der Waals surface area contributed by atoms with Crippen LogP contribution in [0.25, 0.3) is 0 Å². The van der Waals surface area contributed by atoms with Gasteiger partial charge in [-0.1, -0.05) is 6.92 Å². The minimum atomic E-state index is -0.604. The zero-order valence-electron chi connectivity index (χ0n) is 10.3. The summed E-state index contributed by atoms with van der Waals surface area (Å²) < 4.78 is 6.91. The first kappa shape index (κ1) is 13.5. The average molecular weight is 319 g/mol. The molecule has 0 bridgehead atoms. The summed E-state index contributed by atoms with van der Waals surface area (Å²) in [5.74, 6) is 0. The minimum Gasteiger partial charge on any atom is -0.389 e. The largest absolute Gasteiger partial charge is 0.389 e. The van der Waals surface area contributed by atoms with Gasteiger partial charge in [-0.25, -0.2) is 0 Å². The van der Waals surface area contributed by atoms with Gasteiger partial charge in [0.05, 0.1) is 21.6 Å². The van der Waals surface area contributed by atoms with Crippen LogP contribution in [0.15, 0.2) is 15.9 Å². The molecule has 0 saturated carbocycles. The van der Waals surface area contributed by atoms with Gasteiger partial charge in [0.2, 0.25) is 0 Å². The number of thiophene rings is 1. The molecule has 1 aromatic heterocycles. The Balaban J connectivity index is 2.08. The van der Waals surface area contributed by atoms with Gasteiger partial charge < -0.3 is 9.84 Å². The van der Waals surface area contributed by atoms with E-state index in [-0.39, 0.29) is 5.60 Å². The molecule has 2 atom stereocenters. The monoisotopic (exact) mass is 318 g/mol. The summed E-state index contributed by atoms with van der Waals surface area (Å²) in [7, 11) is 0. The van der Waals surface area contributed by atoms with Crippen molar-refractivity contribution in [3.63, 3.8) is 0 Å². The van der Waals surface area contributed by atoms with Gasteiger partial charge in [-0.3, -0.25) is 0 Å². The highest BCUT2D eigenvalue weighted by molar-refractivity contribution is 9.11. The van der Waals surface area contributed by atoms with Crippen molar-refractivity contribution in [2.75, 3.05) is 6.61 Å². The molecule has 96 valence electrons. The van der Waals surface area contributed by atoms with Crippen molar-refractivity contribution in [3.05, 3.63) is 20.8 Å². The predicted molar refractivity (Wildman–Crippen MR) is 74.6 cm³/mol. The van der Waals surface area contributed by atoms with Gasteiger partial charge in [-0.2, -0.15) is 0 Å². The highest BCUT2D eigenvalue weighted by Crippen LogP contribution is 2.37. The molecule has 0 radical (unpaired) electrons. The van der Waals surface area contributed by atoms with Crippen LogP contribution in [0.5, 0.6) is 0 Å². The van der Waals surface area contributed by atoms with Crippen molar-refractivity contribution in [3.8, 4) is 0 Å². The van der Waals surface area contributed by atoms with E-state index in [9.17, 15) is 5.11 Å². The molecule has 1 aliphatic rings. The summed E-state index contributed by atoms with van der Waals surface area (Å²) in [6.07, 6.45) is 3.15. The maximum absolute atomic E-state index is 10.7. The lowest BCUT2D eigenvalue weighted by Gasteiger charge is -2.43. The first-order chi connectivity index (χ1) is 7.95. The Morgan fingerprint density at radius 2 is 2.29 bits per heavy atom. The molecule has 2 unspecified atom stereocenters. The van der Waals surface area contributed by atoms with Crippen LogP contribution in [0.1, 0.15) is 38.0 Å². The van der Waals surface area contributed by atoms with Crippen LogP contribution < -0.4 is 0 Å². The van der Waals surface area contributed by atoms with Crippen molar-refractivity contribution in [1.29, 1.82) is 0 Å². The van der Waals surface area contributed by atoms with E-state index in [1.54, 1.807) is 11.3 Å². The fourth-order valence-corrected chi connectivity index (χ4v) is 4.09. The summed E-state index contributed by atoms with van der Waals surface area (Å²) in [6, 6.07) is 4.13. The van der Waals surface area contributed by atoms with Gasteiger partial charge in [0, 0.05) is 17.7 Å². The summed E-state index contributed by atoms with van der Waals surface area (Å²) in [4.78, 5) is 1.24. The predicted octanol–water partition coefficient (Wildman–Crippen LogP) is 3.76. The zero-order valence-corrected chi connectivity index (χ0v) is 12.7. The molecular weight excluding hydrogens is 300 g/mol. The molecule has 2 nitrogen and oxygen atoms in total. The van der Waals surface area contributed by atoms with Gasteiger partial charge in [-0.05, 0) is 47.8 Å². The van der Waals surface area contributed by atoms with Gasteiger partial charge >= 0.3 is 0 Å². The van der Waals surface area contributed by atoms with Crippen LogP contribution in [-0.2, 0) is 11.2 Å². The fraction of sp³-hybridized carbons (Fsp3) is 0.692. The highest BCUT2D eigenvalue weighted by Gasteiger charge is 2.41. The van der Waals surface area contributed by atoms with E-state index in [0.29, 0.717) is 6.61 Å². The van der Waals surface area contributed by atoms with Crippen LogP contribution in [-0.4, -0.2) is 22.9 Å². The highest BCUT2D eigenvalue weighted by atomic mass is 79.9. The Labute approximate surface area is 115 Å². The van der Waals surface area contributed by atoms with Crippen LogP contribution >= 0.6 is 27.3 Å². The van der Waals surface area contributed by atoms with E-state index in [2.05, 4.69) is 35.8 Å². The molecule has 1 aliphatic heterocycles. The van der Waals surface area contributed by atoms with Crippen LogP contribution in [0.3, 0.4) is 0 Å². The standard InChI is InChI=1S/C13H19BrO2S/c1-3-12(2)9-13(15,6-7-16-12)8-10-4-5-11(14)17-10/h4-5,15H,3,6-9H2,1-2H3. The van der Waals surface area contributed by atoms with E-state index in [4.69, 9.17) is 4.74 Å². The molecule has 0 spiro atoms. The summed E-state index contributed by atoms with van der Waals surface area (Å²) in [6.45, 7) is 4.88. The Morgan fingerprint density at radius 3 is 2.88 bits per heavy atom. The van der Waals surface area contributed by atoms with Crippen molar-refractivity contribution in [1.82, 2.24) is 0 Å². The molecule has 1 fully saturated rings. The quantitative estimate of drug-likeness (QED) is 0.919. The summed E-state index contributed by atoms with van der Waals surface area (Å²) in [5, 5.41) is 10.7. The lowest BCUT2D eigenvalue weighted by Crippen LogP contribution is -2.48. The second-order valence-electron chi connectivity index (χ2n) is 5.19. The molecule has 0 amide bonds. The molecule has 4 heteroatoms. The van der Waals surface area contributed by atoms with E-state index in [0.717, 1.165) is 29.5 Å². The first-order valence-corrected chi connectivity index (χ1v) is 7.66. The number of hydrogen-bond donors (Lipinski definition) is 1. The average Bonchev–Trinajstić information content (AvgIpc) is 2.63. The van der Waals surface area contributed by atoms with Gasteiger partial charge in [0.25, 0.3) is 0 Å². The van der Waals surface area contributed by atoms with Gasteiger partial charge in [-0.15, -0.1) is 11.3 Å². The number of aliphatic hydroxyl groups is 1. The molecule has 2 rings (SSSR count). The van der Waals surface area contributed by atoms with Crippen molar-refractivity contribution < 1.29 is 9.84 Å². The van der Waals surface area contributed by atoms with Crippen molar-refractivity contribution in [2.45, 2.75) is 50.7 Å². The van der Waals surface area contributed by atoms with E-state index >= 15 is 0 Å². The molecule has 1 aromatic rings. The number of hydrogen-bond acceptors (Lipinski definition) is 3. The third kappa shape index (κ3) is 3.31. The van der Waals surface area contributed by atoms with E-state index < -0.39 is 5.60 Å². The summed E-state index contributed by atoms with van der Waals surface area (Å²) >= 11 is 5.17. The second-order valence-corrected chi connectivity index (χ2v) is 7.73. The third-order valence-corrected chi connectivity index (χ3v) is 5.22. The molecule has 17 heavy (non-hydrogen) atoms. The van der Waals surface area contributed by atoms with Crippen molar-refractivity contribution >= 4 is 27.3 Å².